The van der Waals surface area contributed by atoms with Gasteiger partial charge in [0, 0.05) is 0 Å². The third kappa shape index (κ3) is 2.62. The maximum absolute atomic E-state index is 8.63. The highest BCUT2D eigenvalue weighted by molar-refractivity contribution is 7.99. The van der Waals surface area contributed by atoms with Crippen molar-refractivity contribution in [3.63, 3.8) is 0 Å². The molecule has 0 atom stereocenters. The van der Waals surface area contributed by atoms with E-state index in [2.05, 4.69) is 20.2 Å². The zero-order valence-electron chi connectivity index (χ0n) is 9.35. The van der Waals surface area contributed by atoms with E-state index in [-0.39, 0.29) is 5.69 Å². The lowest BCUT2D eigenvalue weighted by molar-refractivity contribution is 0.466. The fourth-order valence-electron chi connectivity index (χ4n) is 1.27. The van der Waals surface area contributed by atoms with Gasteiger partial charge in [-0.25, -0.2) is 9.97 Å². The number of hydrogen-bond acceptors (Lipinski definition) is 8. The molecular weight excluding hydrogens is 282 g/mol. The Morgan fingerprint density at radius 2 is 2.21 bits per heavy atom. The van der Waals surface area contributed by atoms with Gasteiger partial charge in [-0.1, -0.05) is 6.07 Å². The molecule has 0 aliphatic carbocycles. The third-order valence-corrected chi connectivity index (χ3v) is 3.69. The number of aromatic nitrogens is 4. The third-order valence-electron chi connectivity index (χ3n) is 2.07. The van der Waals surface area contributed by atoms with Gasteiger partial charge in [0.05, 0.1) is 17.3 Å². The van der Waals surface area contributed by atoms with Crippen LogP contribution in [0.1, 0.15) is 5.69 Å². The van der Waals surface area contributed by atoms with E-state index < -0.39 is 0 Å². The van der Waals surface area contributed by atoms with Gasteiger partial charge in [0.15, 0.2) is 5.69 Å². The molecule has 0 aliphatic rings. The Hall–Kier alpha value is -2.24. The van der Waals surface area contributed by atoms with Crippen LogP contribution in [-0.2, 0) is 0 Å². The molecule has 3 rings (SSSR count). The summed E-state index contributed by atoms with van der Waals surface area (Å²) >= 11 is 2.74. The molecule has 0 aliphatic heterocycles. The van der Waals surface area contributed by atoms with Crippen molar-refractivity contribution in [1.82, 2.24) is 20.2 Å². The van der Waals surface area contributed by atoms with Crippen molar-refractivity contribution < 1.29 is 4.42 Å². The summed E-state index contributed by atoms with van der Waals surface area (Å²) in [6, 6.07) is 5.74. The van der Waals surface area contributed by atoms with Crippen molar-refractivity contribution in [2.45, 2.75) is 10.2 Å². The molecular formula is C11H5N5OS2. The topological polar surface area (TPSA) is 88.5 Å². The Kier molecular flexibility index (Phi) is 3.22. The second kappa shape index (κ2) is 5.17. The van der Waals surface area contributed by atoms with Crippen LogP contribution in [0.15, 0.2) is 44.6 Å². The van der Waals surface area contributed by atoms with Gasteiger partial charge in [0.1, 0.15) is 11.1 Å². The Bertz CT molecular complexity index is 714. The van der Waals surface area contributed by atoms with Gasteiger partial charge < -0.3 is 4.42 Å². The molecule has 3 heterocycles. The fraction of sp³-hybridized carbons (Fsp3) is 0. The molecule has 3 aromatic heterocycles. The number of rotatable bonds is 3. The first-order valence-electron chi connectivity index (χ1n) is 5.12. The lowest BCUT2D eigenvalue weighted by atomic mass is 10.5. The maximum atomic E-state index is 8.63. The molecule has 6 nitrogen and oxygen atoms in total. The zero-order valence-corrected chi connectivity index (χ0v) is 11.0. The minimum absolute atomic E-state index is 0.272. The maximum Gasteiger partial charge on any atom is 0.283 e. The van der Waals surface area contributed by atoms with Crippen molar-refractivity contribution in [2.24, 2.45) is 0 Å². The lowest BCUT2D eigenvalue weighted by Gasteiger charge is -1.93. The normalized spacial score (nSPS) is 10.3. The summed E-state index contributed by atoms with van der Waals surface area (Å²) in [6.07, 6.45) is 2.90. The van der Waals surface area contributed by atoms with Crippen LogP contribution in [0, 0.1) is 11.3 Å². The van der Waals surface area contributed by atoms with Crippen LogP contribution >= 0.6 is 23.1 Å². The predicted molar refractivity (Wildman–Crippen MR) is 68.5 cm³/mol. The van der Waals surface area contributed by atoms with Crippen LogP contribution in [0.25, 0.3) is 10.8 Å². The van der Waals surface area contributed by atoms with Gasteiger partial charge in [-0.2, -0.15) is 5.26 Å². The van der Waals surface area contributed by atoms with Gasteiger partial charge in [-0.3, -0.25) is 0 Å². The number of nitrogens with zero attached hydrogens (tertiary/aromatic N) is 5. The van der Waals surface area contributed by atoms with Crippen LogP contribution in [0.2, 0.25) is 0 Å². The lowest BCUT2D eigenvalue weighted by Crippen LogP contribution is -1.86. The summed E-state index contributed by atoms with van der Waals surface area (Å²) in [5.74, 6) is 0.485. The molecule has 19 heavy (non-hydrogen) atoms. The molecule has 8 heteroatoms. The van der Waals surface area contributed by atoms with E-state index >= 15 is 0 Å². The first-order valence-corrected chi connectivity index (χ1v) is 6.82. The van der Waals surface area contributed by atoms with Gasteiger partial charge in [-0.05, 0) is 23.2 Å². The van der Waals surface area contributed by atoms with E-state index in [1.54, 1.807) is 0 Å². The van der Waals surface area contributed by atoms with E-state index in [0.717, 1.165) is 4.88 Å². The molecule has 0 radical (unpaired) electrons. The minimum atomic E-state index is 0.272. The fourth-order valence-corrected chi connectivity index (χ4v) is 2.50. The number of thiophene rings is 1. The van der Waals surface area contributed by atoms with Crippen molar-refractivity contribution >= 4 is 23.1 Å². The summed E-state index contributed by atoms with van der Waals surface area (Å²) < 4.78 is 5.51. The predicted octanol–water partition coefficient (Wildman–Crippen LogP) is 2.61. The van der Waals surface area contributed by atoms with E-state index in [4.69, 9.17) is 9.68 Å². The zero-order chi connectivity index (χ0) is 13.1. The molecule has 0 aromatic carbocycles. The average molecular weight is 287 g/mol. The Morgan fingerprint density at radius 1 is 1.26 bits per heavy atom. The van der Waals surface area contributed by atoms with Crippen molar-refractivity contribution in [3.05, 3.63) is 35.6 Å². The highest BCUT2D eigenvalue weighted by Gasteiger charge is 2.11. The first kappa shape index (κ1) is 11.8. The quantitative estimate of drug-likeness (QED) is 0.731. The summed E-state index contributed by atoms with van der Waals surface area (Å²) in [5, 5.41) is 19.5. The molecule has 0 bridgehead atoms. The first-order chi connectivity index (χ1) is 9.35. The molecule has 0 fully saturated rings. The Morgan fingerprint density at radius 3 is 2.89 bits per heavy atom. The van der Waals surface area contributed by atoms with Crippen LogP contribution in [0.3, 0.4) is 0 Å². The molecule has 0 saturated heterocycles. The van der Waals surface area contributed by atoms with E-state index in [1.807, 2.05) is 23.6 Å². The second-order valence-corrected chi connectivity index (χ2v) is 5.22. The summed E-state index contributed by atoms with van der Waals surface area (Å²) in [5.41, 5.74) is 0.272. The van der Waals surface area contributed by atoms with E-state index in [0.29, 0.717) is 16.1 Å². The number of nitriles is 1. The van der Waals surface area contributed by atoms with E-state index in [1.165, 1.54) is 35.5 Å². The summed E-state index contributed by atoms with van der Waals surface area (Å²) in [7, 11) is 0. The SMILES string of the molecule is N#Cc1cnc(Sc2nnc(-c3cccs3)o2)cn1. The Labute approximate surface area is 116 Å². The van der Waals surface area contributed by atoms with Crippen molar-refractivity contribution in [3.8, 4) is 16.8 Å². The highest BCUT2D eigenvalue weighted by Crippen LogP contribution is 2.29. The summed E-state index contributed by atoms with van der Waals surface area (Å²) in [6.45, 7) is 0. The molecule has 0 amide bonds. The van der Waals surface area contributed by atoms with Crippen molar-refractivity contribution in [2.75, 3.05) is 0 Å². The van der Waals surface area contributed by atoms with Gasteiger partial charge in [0.2, 0.25) is 0 Å². The van der Waals surface area contributed by atoms with E-state index in [9.17, 15) is 0 Å². The molecule has 0 spiro atoms. The smallest absolute Gasteiger partial charge is 0.283 e. The second-order valence-electron chi connectivity index (χ2n) is 3.30. The monoisotopic (exact) mass is 287 g/mol. The highest BCUT2D eigenvalue weighted by atomic mass is 32.2. The molecule has 0 saturated carbocycles. The largest absolute Gasteiger partial charge is 0.410 e. The number of hydrogen-bond donors (Lipinski definition) is 0. The summed E-state index contributed by atoms with van der Waals surface area (Å²) in [4.78, 5) is 8.91. The van der Waals surface area contributed by atoms with Gasteiger partial charge in [0.25, 0.3) is 11.1 Å². The Balaban J connectivity index is 1.78. The molecule has 92 valence electrons. The molecule has 0 N–H and O–H groups in total. The van der Waals surface area contributed by atoms with Gasteiger partial charge >= 0.3 is 0 Å². The van der Waals surface area contributed by atoms with Crippen LogP contribution in [-0.4, -0.2) is 20.2 Å². The average Bonchev–Trinajstić information content (AvgIpc) is 3.10. The van der Waals surface area contributed by atoms with Crippen LogP contribution in [0.4, 0.5) is 0 Å². The van der Waals surface area contributed by atoms with Gasteiger partial charge in [-0.15, -0.1) is 21.5 Å². The van der Waals surface area contributed by atoms with Crippen LogP contribution in [0.5, 0.6) is 0 Å². The molecule has 3 aromatic rings. The van der Waals surface area contributed by atoms with Crippen LogP contribution < -0.4 is 0 Å². The molecule has 0 unspecified atom stereocenters. The minimum Gasteiger partial charge on any atom is -0.410 e. The van der Waals surface area contributed by atoms with Crippen molar-refractivity contribution in [1.29, 1.82) is 5.26 Å². The standard InChI is InChI=1S/C11H5N5OS2/c12-4-7-5-14-9(6-13-7)19-11-16-15-10(17-11)8-2-1-3-18-8/h1-3,5-6H.